The predicted molar refractivity (Wildman–Crippen MR) is 132 cm³/mol. The van der Waals surface area contributed by atoms with E-state index in [1.807, 2.05) is 48.5 Å². The first kappa shape index (κ1) is 21.1. The zero-order valence-electron chi connectivity index (χ0n) is 18.1. The van der Waals surface area contributed by atoms with Crippen molar-refractivity contribution in [2.45, 2.75) is 6.61 Å². The summed E-state index contributed by atoms with van der Waals surface area (Å²) in [6.45, 7) is 0.364. The molecule has 2 aromatic heterocycles. The molecule has 0 atom stereocenters. The summed E-state index contributed by atoms with van der Waals surface area (Å²) in [5.41, 5.74) is 16.4. The van der Waals surface area contributed by atoms with E-state index in [2.05, 4.69) is 20.3 Å². The highest BCUT2D eigenvalue weighted by Crippen LogP contribution is 2.30. The summed E-state index contributed by atoms with van der Waals surface area (Å²) in [5, 5.41) is 3.97. The standard InChI is InChI=1S/C26H21FN6O/c27-18-8-4-7-17(11-18)23-13-21(28)20-12-19(9-10-22(20)31-23)30-24-14-25(33-26(29)32-24)34-15-16-5-2-1-3-6-16/h1-14H,15H2,(H2,28,31)(H3,29,30,32,33). The number of hydrogen-bond donors (Lipinski definition) is 3. The second-order valence-corrected chi connectivity index (χ2v) is 7.69. The third-order valence-corrected chi connectivity index (χ3v) is 5.18. The first-order valence-corrected chi connectivity index (χ1v) is 10.6. The van der Waals surface area contributed by atoms with E-state index in [4.69, 9.17) is 16.2 Å². The van der Waals surface area contributed by atoms with Gasteiger partial charge in [-0.2, -0.15) is 9.97 Å². The van der Waals surface area contributed by atoms with E-state index in [1.165, 1.54) is 12.1 Å². The molecule has 3 aromatic carbocycles. The SMILES string of the molecule is Nc1nc(Nc2ccc3nc(-c4cccc(F)c4)cc(N)c3c2)cc(OCc2ccccc2)n1. The van der Waals surface area contributed by atoms with Crippen molar-refractivity contribution in [2.75, 3.05) is 16.8 Å². The van der Waals surface area contributed by atoms with Crippen LogP contribution in [-0.2, 0) is 6.61 Å². The largest absolute Gasteiger partial charge is 0.473 e. The molecule has 0 bridgehead atoms. The fourth-order valence-corrected chi connectivity index (χ4v) is 3.59. The molecule has 5 N–H and O–H groups in total. The molecule has 7 nitrogen and oxygen atoms in total. The summed E-state index contributed by atoms with van der Waals surface area (Å²) < 4.78 is 19.4. The molecule has 0 amide bonds. The van der Waals surface area contributed by atoms with Crippen LogP contribution >= 0.6 is 0 Å². The van der Waals surface area contributed by atoms with Crippen molar-refractivity contribution in [3.63, 3.8) is 0 Å². The molecule has 5 rings (SSSR count). The first-order valence-electron chi connectivity index (χ1n) is 10.6. The minimum atomic E-state index is -0.325. The molecule has 0 unspecified atom stereocenters. The highest BCUT2D eigenvalue weighted by Gasteiger charge is 2.09. The molecule has 34 heavy (non-hydrogen) atoms. The van der Waals surface area contributed by atoms with E-state index in [0.717, 1.165) is 16.6 Å². The molecule has 0 fully saturated rings. The van der Waals surface area contributed by atoms with Crippen LogP contribution in [0.5, 0.6) is 5.88 Å². The quantitative estimate of drug-likeness (QED) is 0.320. The lowest BCUT2D eigenvalue weighted by Crippen LogP contribution is -2.04. The molecule has 0 saturated carbocycles. The Morgan fingerprint density at radius 3 is 2.50 bits per heavy atom. The summed E-state index contributed by atoms with van der Waals surface area (Å²) >= 11 is 0. The lowest BCUT2D eigenvalue weighted by Gasteiger charge is -2.12. The van der Waals surface area contributed by atoms with Crippen molar-refractivity contribution in [3.05, 3.63) is 96.3 Å². The maximum absolute atomic E-state index is 13.6. The number of nitrogens with zero attached hydrogens (tertiary/aromatic N) is 3. The minimum absolute atomic E-state index is 0.0924. The number of ether oxygens (including phenoxy) is 1. The third kappa shape index (κ3) is 4.71. The number of aromatic nitrogens is 3. The Balaban J connectivity index is 1.39. The summed E-state index contributed by atoms with van der Waals surface area (Å²) in [5.74, 6) is 0.613. The lowest BCUT2D eigenvalue weighted by atomic mass is 10.1. The van der Waals surface area contributed by atoms with Crippen molar-refractivity contribution >= 4 is 34.0 Å². The van der Waals surface area contributed by atoms with Gasteiger partial charge in [0.05, 0.1) is 11.2 Å². The molecular formula is C26H21FN6O. The fraction of sp³-hybridized carbons (Fsp3) is 0.0385. The van der Waals surface area contributed by atoms with Crippen molar-refractivity contribution in [1.29, 1.82) is 0 Å². The van der Waals surface area contributed by atoms with Crippen LogP contribution in [0, 0.1) is 5.82 Å². The number of rotatable bonds is 6. The summed E-state index contributed by atoms with van der Waals surface area (Å²) in [6.07, 6.45) is 0. The zero-order valence-corrected chi connectivity index (χ0v) is 18.1. The third-order valence-electron chi connectivity index (χ3n) is 5.18. The maximum Gasteiger partial charge on any atom is 0.225 e. The van der Waals surface area contributed by atoms with Gasteiger partial charge in [-0.15, -0.1) is 0 Å². The van der Waals surface area contributed by atoms with Gasteiger partial charge in [0, 0.05) is 28.4 Å². The van der Waals surface area contributed by atoms with Crippen molar-refractivity contribution in [3.8, 4) is 17.1 Å². The Bertz CT molecular complexity index is 1480. The van der Waals surface area contributed by atoms with Gasteiger partial charge in [0.2, 0.25) is 11.8 Å². The number of fused-ring (bicyclic) bond motifs is 1. The van der Waals surface area contributed by atoms with Gasteiger partial charge in [-0.05, 0) is 42.0 Å². The number of halogens is 1. The van der Waals surface area contributed by atoms with Gasteiger partial charge in [-0.25, -0.2) is 9.37 Å². The molecular weight excluding hydrogens is 431 g/mol. The highest BCUT2D eigenvalue weighted by atomic mass is 19.1. The van der Waals surface area contributed by atoms with Crippen LogP contribution in [0.3, 0.4) is 0 Å². The number of nitrogens with two attached hydrogens (primary N) is 2. The molecule has 0 aliphatic carbocycles. The molecule has 8 heteroatoms. The van der Waals surface area contributed by atoms with Crippen molar-refractivity contribution in [2.24, 2.45) is 0 Å². The summed E-state index contributed by atoms with van der Waals surface area (Å²) in [7, 11) is 0. The predicted octanol–water partition coefficient (Wildman–Crippen LogP) is 5.32. The van der Waals surface area contributed by atoms with Gasteiger partial charge in [-0.3, -0.25) is 0 Å². The van der Waals surface area contributed by atoms with Crippen LogP contribution < -0.4 is 21.5 Å². The van der Waals surface area contributed by atoms with Crippen LogP contribution in [0.4, 0.5) is 27.5 Å². The topological polar surface area (TPSA) is 112 Å². The monoisotopic (exact) mass is 452 g/mol. The van der Waals surface area contributed by atoms with Crippen LogP contribution in [0.25, 0.3) is 22.2 Å². The van der Waals surface area contributed by atoms with Crippen molar-refractivity contribution in [1.82, 2.24) is 15.0 Å². The Kier molecular flexibility index (Phi) is 5.61. The molecule has 0 saturated heterocycles. The van der Waals surface area contributed by atoms with Gasteiger partial charge in [0.1, 0.15) is 18.2 Å². The first-order chi connectivity index (χ1) is 16.5. The Morgan fingerprint density at radius 1 is 0.824 bits per heavy atom. The van der Waals surface area contributed by atoms with E-state index in [1.54, 1.807) is 24.3 Å². The summed E-state index contributed by atoms with van der Waals surface area (Å²) in [6, 6.07) is 25.0. The normalized spacial score (nSPS) is 10.9. The molecule has 5 aromatic rings. The Hall–Kier alpha value is -4.72. The van der Waals surface area contributed by atoms with E-state index in [9.17, 15) is 4.39 Å². The number of nitrogens with one attached hydrogen (secondary N) is 1. The summed E-state index contributed by atoms with van der Waals surface area (Å²) in [4.78, 5) is 13.0. The molecule has 0 radical (unpaired) electrons. The van der Waals surface area contributed by atoms with Crippen LogP contribution in [0.2, 0.25) is 0 Å². The molecule has 0 aliphatic rings. The highest BCUT2D eigenvalue weighted by molar-refractivity contribution is 5.95. The molecule has 2 heterocycles. The van der Waals surface area contributed by atoms with Gasteiger partial charge >= 0.3 is 0 Å². The Labute approximate surface area is 195 Å². The van der Waals surface area contributed by atoms with Gasteiger partial charge < -0.3 is 21.5 Å². The Morgan fingerprint density at radius 2 is 1.68 bits per heavy atom. The number of pyridine rings is 1. The van der Waals surface area contributed by atoms with Crippen LogP contribution in [0.1, 0.15) is 5.56 Å². The number of benzene rings is 3. The second kappa shape index (κ2) is 9.03. The minimum Gasteiger partial charge on any atom is -0.473 e. The fourth-order valence-electron chi connectivity index (χ4n) is 3.59. The average Bonchev–Trinajstić information content (AvgIpc) is 2.83. The number of nitrogen functional groups attached to an aromatic ring is 2. The number of anilines is 4. The molecule has 0 spiro atoms. The molecule has 168 valence electrons. The van der Waals surface area contributed by atoms with E-state index in [0.29, 0.717) is 40.8 Å². The van der Waals surface area contributed by atoms with Crippen molar-refractivity contribution < 1.29 is 9.13 Å². The smallest absolute Gasteiger partial charge is 0.225 e. The molecule has 0 aliphatic heterocycles. The lowest BCUT2D eigenvalue weighted by molar-refractivity contribution is 0.294. The second-order valence-electron chi connectivity index (χ2n) is 7.69. The van der Waals surface area contributed by atoms with Gasteiger partial charge in [-0.1, -0.05) is 42.5 Å². The van der Waals surface area contributed by atoms with Crippen LogP contribution in [-0.4, -0.2) is 15.0 Å². The van der Waals surface area contributed by atoms with Gasteiger partial charge in [0.15, 0.2) is 0 Å². The van der Waals surface area contributed by atoms with Crippen LogP contribution in [0.15, 0.2) is 84.9 Å². The van der Waals surface area contributed by atoms with E-state index >= 15 is 0 Å². The van der Waals surface area contributed by atoms with E-state index < -0.39 is 0 Å². The maximum atomic E-state index is 13.6. The zero-order chi connectivity index (χ0) is 23.5. The number of hydrogen-bond acceptors (Lipinski definition) is 7. The van der Waals surface area contributed by atoms with E-state index in [-0.39, 0.29) is 11.8 Å². The average molecular weight is 452 g/mol. The van der Waals surface area contributed by atoms with Gasteiger partial charge in [0.25, 0.3) is 0 Å².